The third kappa shape index (κ3) is 3.32. The zero-order valence-corrected chi connectivity index (χ0v) is 13.8. The van der Waals surface area contributed by atoms with Gasteiger partial charge in [-0.05, 0) is 55.1 Å². The Morgan fingerprint density at radius 2 is 2.13 bits per heavy atom. The van der Waals surface area contributed by atoms with Crippen molar-refractivity contribution >= 4 is 0 Å². The molecule has 2 nitrogen and oxygen atoms in total. The molecule has 0 aliphatic heterocycles. The van der Waals surface area contributed by atoms with Gasteiger partial charge in [0, 0.05) is 5.41 Å². The molecule has 0 saturated carbocycles. The van der Waals surface area contributed by atoms with Gasteiger partial charge in [0.25, 0.3) is 0 Å². The molecule has 23 heavy (non-hydrogen) atoms. The van der Waals surface area contributed by atoms with Crippen molar-refractivity contribution in [2.24, 2.45) is 5.41 Å². The highest BCUT2D eigenvalue weighted by molar-refractivity contribution is 5.48. The van der Waals surface area contributed by atoms with Crippen LogP contribution in [-0.2, 0) is 4.74 Å². The van der Waals surface area contributed by atoms with E-state index in [-0.39, 0.29) is 0 Å². The van der Waals surface area contributed by atoms with Crippen LogP contribution in [0.2, 0.25) is 0 Å². The molecule has 3 aliphatic carbocycles. The summed E-state index contributed by atoms with van der Waals surface area (Å²) in [6.45, 7) is 2.07. The summed E-state index contributed by atoms with van der Waals surface area (Å²) in [6, 6.07) is 0. The molecule has 2 heteroatoms. The average Bonchev–Trinajstić information content (AvgIpc) is 2.59. The van der Waals surface area contributed by atoms with Crippen LogP contribution in [0.4, 0.5) is 0 Å². The van der Waals surface area contributed by atoms with Gasteiger partial charge in [-0.25, -0.2) is 0 Å². The maximum absolute atomic E-state index is 11.1. The summed E-state index contributed by atoms with van der Waals surface area (Å²) >= 11 is 0. The first-order chi connectivity index (χ1) is 11.1. The Bertz CT molecular complexity index is 683. The molecule has 1 N–H and O–H groups in total. The van der Waals surface area contributed by atoms with E-state index in [4.69, 9.17) is 4.74 Å². The lowest BCUT2D eigenvalue weighted by Crippen LogP contribution is -2.34. The van der Waals surface area contributed by atoms with Gasteiger partial charge >= 0.3 is 0 Å². The number of hydrogen-bond acceptors (Lipinski definition) is 2. The van der Waals surface area contributed by atoms with Gasteiger partial charge in [0.05, 0.1) is 13.2 Å². The van der Waals surface area contributed by atoms with Crippen LogP contribution >= 0.6 is 0 Å². The molecule has 0 aromatic rings. The van der Waals surface area contributed by atoms with E-state index in [0.717, 1.165) is 30.6 Å². The Morgan fingerprint density at radius 3 is 2.78 bits per heavy atom. The van der Waals surface area contributed by atoms with Gasteiger partial charge in [0.15, 0.2) is 0 Å². The van der Waals surface area contributed by atoms with E-state index in [1.165, 1.54) is 11.1 Å². The van der Waals surface area contributed by atoms with E-state index in [1.54, 1.807) is 7.11 Å². The molecular weight excluding hydrogens is 284 g/mol. The van der Waals surface area contributed by atoms with Crippen LogP contribution in [0.15, 0.2) is 83.2 Å². The number of ether oxygens (including phenoxy) is 1. The Balaban J connectivity index is 1.98. The fourth-order valence-corrected chi connectivity index (χ4v) is 3.38. The fourth-order valence-electron chi connectivity index (χ4n) is 3.38. The van der Waals surface area contributed by atoms with E-state index in [1.807, 2.05) is 18.2 Å². The van der Waals surface area contributed by atoms with Crippen molar-refractivity contribution in [2.45, 2.75) is 32.3 Å². The highest BCUT2D eigenvalue weighted by Crippen LogP contribution is 2.41. The van der Waals surface area contributed by atoms with Gasteiger partial charge in [-0.3, -0.25) is 0 Å². The molecule has 0 heterocycles. The lowest BCUT2D eigenvalue weighted by molar-refractivity contribution is 0.125. The van der Waals surface area contributed by atoms with Crippen molar-refractivity contribution in [3.05, 3.63) is 83.2 Å². The first-order valence-electron chi connectivity index (χ1n) is 8.20. The zero-order chi connectivity index (χ0) is 16.3. The largest absolute Gasteiger partial charge is 0.497 e. The molecule has 0 aromatic heterocycles. The Labute approximate surface area is 138 Å². The third-order valence-corrected chi connectivity index (χ3v) is 4.66. The molecule has 3 rings (SSSR count). The monoisotopic (exact) mass is 308 g/mol. The topological polar surface area (TPSA) is 29.5 Å². The van der Waals surface area contributed by atoms with E-state index >= 15 is 0 Å². The van der Waals surface area contributed by atoms with Gasteiger partial charge in [-0.1, -0.05) is 48.6 Å². The minimum Gasteiger partial charge on any atom is -0.497 e. The summed E-state index contributed by atoms with van der Waals surface area (Å²) in [4.78, 5) is 0. The summed E-state index contributed by atoms with van der Waals surface area (Å²) in [5, 5.41) is 11.1. The van der Waals surface area contributed by atoms with Crippen molar-refractivity contribution in [2.75, 3.05) is 7.11 Å². The summed E-state index contributed by atoms with van der Waals surface area (Å²) in [5.41, 5.74) is 2.93. The molecule has 0 saturated heterocycles. The molecular formula is C21H24O2. The van der Waals surface area contributed by atoms with Crippen LogP contribution in [0.5, 0.6) is 0 Å². The number of hydrogen-bond donors (Lipinski definition) is 1. The van der Waals surface area contributed by atoms with E-state index < -0.39 is 11.5 Å². The van der Waals surface area contributed by atoms with Crippen molar-refractivity contribution in [3.8, 4) is 0 Å². The second-order valence-electron chi connectivity index (χ2n) is 6.49. The quantitative estimate of drug-likeness (QED) is 0.829. The molecule has 3 aliphatic rings. The Kier molecular flexibility index (Phi) is 4.53. The second kappa shape index (κ2) is 6.59. The van der Waals surface area contributed by atoms with Crippen LogP contribution in [0.1, 0.15) is 26.2 Å². The van der Waals surface area contributed by atoms with Gasteiger partial charge in [0.2, 0.25) is 0 Å². The van der Waals surface area contributed by atoms with Gasteiger partial charge < -0.3 is 9.84 Å². The number of aliphatic hydroxyl groups is 1. The normalized spacial score (nSPS) is 31.7. The van der Waals surface area contributed by atoms with Gasteiger partial charge in [0.1, 0.15) is 5.76 Å². The Morgan fingerprint density at radius 1 is 1.26 bits per heavy atom. The minimum atomic E-state index is -0.564. The molecule has 0 aromatic carbocycles. The van der Waals surface area contributed by atoms with Crippen molar-refractivity contribution in [1.29, 1.82) is 0 Å². The predicted octanol–water partition coefficient (Wildman–Crippen LogP) is 4.54. The summed E-state index contributed by atoms with van der Waals surface area (Å²) in [7, 11) is 1.68. The summed E-state index contributed by atoms with van der Waals surface area (Å²) in [5.74, 6) is 0.815. The molecule has 0 amide bonds. The molecule has 0 fully saturated rings. The Hall–Kier alpha value is -2.06. The van der Waals surface area contributed by atoms with Crippen LogP contribution in [-0.4, -0.2) is 18.3 Å². The maximum atomic E-state index is 11.1. The first-order valence-corrected chi connectivity index (χ1v) is 8.20. The van der Waals surface area contributed by atoms with Crippen molar-refractivity contribution in [1.82, 2.24) is 0 Å². The third-order valence-electron chi connectivity index (χ3n) is 4.66. The van der Waals surface area contributed by atoms with Crippen LogP contribution < -0.4 is 0 Å². The first kappa shape index (κ1) is 15.8. The van der Waals surface area contributed by atoms with Crippen LogP contribution in [0, 0.1) is 5.41 Å². The molecule has 0 spiro atoms. The lowest BCUT2D eigenvalue weighted by Gasteiger charge is -2.36. The molecule has 0 radical (unpaired) electrons. The number of rotatable bonds is 3. The average molecular weight is 308 g/mol. The number of allylic oxidation sites excluding steroid dienone is 9. The smallest absolute Gasteiger partial charge is 0.116 e. The fraction of sp³-hybridized carbons (Fsp3) is 0.333. The highest BCUT2D eigenvalue weighted by Gasteiger charge is 2.36. The van der Waals surface area contributed by atoms with Crippen LogP contribution in [0.3, 0.4) is 0 Å². The van der Waals surface area contributed by atoms with Crippen LogP contribution in [0.25, 0.3) is 0 Å². The van der Waals surface area contributed by atoms with E-state index in [2.05, 4.69) is 49.5 Å². The highest BCUT2D eigenvalue weighted by atomic mass is 16.5. The molecule has 120 valence electrons. The lowest BCUT2D eigenvalue weighted by atomic mass is 9.72. The van der Waals surface area contributed by atoms with Gasteiger partial charge in [-0.15, -0.1) is 0 Å². The van der Waals surface area contributed by atoms with Crippen molar-refractivity contribution < 1.29 is 9.84 Å². The SMILES string of the molecule is COC1=CC(C)(/C=C2\C=CC=CC2)C(O)C(C2=CC=CCC2)=C1. The molecule has 2 unspecified atom stereocenters. The van der Waals surface area contributed by atoms with Gasteiger partial charge in [-0.2, -0.15) is 0 Å². The predicted molar refractivity (Wildman–Crippen MR) is 94.7 cm³/mol. The second-order valence-corrected chi connectivity index (χ2v) is 6.49. The zero-order valence-electron chi connectivity index (χ0n) is 13.8. The summed E-state index contributed by atoms with van der Waals surface area (Å²) < 4.78 is 5.51. The maximum Gasteiger partial charge on any atom is 0.116 e. The summed E-state index contributed by atoms with van der Waals surface area (Å²) in [6.07, 6.45) is 23.2. The number of methoxy groups -OCH3 is 1. The van der Waals surface area contributed by atoms with E-state index in [0.29, 0.717) is 0 Å². The number of aliphatic hydroxyl groups excluding tert-OH is 1. The van der Waals surface area contributed by atoms with Crippen molar-refractivity contribution in [3.63, 3.8) is 0 Å². The molecule has 2 atom stereocenters. The molecule has 0 bridgehead atoms. The standard InChI is InChI=1S/C21H24O2/c1-21(14-16-9-5-3-6-10-16)15-18(23-2)13-19(20(21)22)17-11-7-4-8-12-17/h3-7,9,11,13-15,20,22H,8,10,12H2,1-2H3/b16-14+. The minimum absolute atomic E-state index is 0.470. The van der Waals surface area contributed by atoms with E-state index in [9.17, 15) is 5.11 Å².